The smallest absolute Gasteiger partial charge is 0.388 e. The van der Waals surface area contributed by atoms with Crippen molar-refractivity contribution >= 4 is 17.4 Å². The Morgan fingerprint density at radius 1 is 1.52 bits per heavy atom. The predicted octanol–water partition coefficient (Wildman–Crippen LogP) is 2.47. The lowest BCUT2D eigenvalue weighted by molar-refractivity contribution is -0.137. The van der Waals surface area contributed by atoms with E-state index in [0.29, 0.717) is 6.42 Å². The van der Waals surface area contributed by atoms with Crippen LogP contribution in [0.2, 0.25) is 5.02 Å². The molecule has 2 unspecified atom stereocenters. The molecule has 1 aromatic rings. The Kier molecular flexibility index (Phi) is 4.37. The lowest BCUT2D eigenvalue weighted by Crippen LogP contribution is -2.55. The van der Waals surface area contributed by atoms with Gasteiger partial charge in [-0.05, 0) is 18.9 Å². The van der Waals surface area contributed by atoms with Gasteiger partial charge in [0.2, 0.25) is 0 Å². The number of alkyl halides is 3. The maximum absolute atomic E-state index is 13.1. The minimum atomic E-state index is -4.59. The number of pyridine rings is 1. The Morgan fingerprint density at radius 3 is 2.71 bits per heavy atom. The molecule has 1 aromatic heterocycles. The third-order valence-electron chi connectivity index (χ3n) is 3.88. The van der Waals surface area contributed by atoms with E-state index in [-0.39, 0.29) is 30.4 Å². The zero-order chi connectivity index (χ0) is 15.8. The second-order valence-corrected chi connectivity index (χ2v) is 5.63. The monoisotopic (exact) mass is 324 g/mol. The van der Waals surface area contributed by atoms with Crippen LogP contribution < -0.4 is 4.90 Å². The van der Waals surface area contributed by atoms with Gasteiger partial charge in [-0.15, -0.1) is 0 Å². The van der Waals surface area contributed by atoms with Gasteiger partial charge in [-0.1, -0.05) is 18.5 Å². The summed E-state index contributed by atoms with van der Waals surface area (Å²) in [5, 5.41) is 20.0. The normalized spacial score (nSPS) is 27.0. The number of rotatable bonds is 2. The molecule has 0 saturated carbocycles. The zero-order valence-electron chi connectivity index (χ0n) is 11.4. The van der Waals surface area contributed by atoms with Crippen molar-refractivity contribution in [1.82, 2.24) is 4.98 Å². The van der Waals surface area contributed by atoms with Crippen molar-refractivity contribution in [3.05, 3.63) is 22.8 Å². The van der Waals surface area contributed by atoms with Crippen LogP contribution in [0, 0.1) is 0 Å². The first kappa shape index (κ1) is 16.3. The first-order chi connectivity index (χ1) is 9.67. The van der Waals surface area contributed by atoms with E-state index in [1.807, 2.05) is 0 Å². The van der Waals surface area contributed by atoms with Gasteiger partial charge in [0.25, 0.3) is 0 Å². The van der Waals surface area contributed by atoms with Crippen molar-refractivity contribution in [2.45, 2.75) is 37.6 Å². The first-order valence-corrected chi connectivity index (χ1v) is 6.93. The summed E-state index contributed by atoms with van der Waals surface area (Å²) in [6.07, 6.45) is -4.07. The lowest BCUT2D eigenvalue weighted by Gasteiger charge is -2.42. The van der Waals surface area contributed by atoms with Gasteiger partial charge >= 0.3 is 6.18 Å². The molecule has 8 heteroatoms. The van der Waals surface area contributed by atoms with Crippen LogP contribution in [-0.2, 0) is 6.18 Å². The second kappa shape index (κ2) is 5.62. The summed E-state index contributed by atoms with van der Waals surface area (Å²) in [4.78, 5) is 5.08. The number of anilines is 1. The highest BCUT2D eigenvalue weighted by Crippen LogP contribution is 2.38. The number of β-amino-alcohol motifs (C(OH)–C–C–N with tert-alkyl or cyclic N) is 1. The summed E-state index contributed by atoms with van der Waals surface area (Å²) in [7, 11) is 0. The van der Waals surface area contributed by atoms with Gasteiger partial charge in [0, 0.05) is 19.3 Å². The van der Waals surface area contributed by atoms with Crippen molar-refractivity contribution < 1.29 is 23.4 Å². The van der Waals surface area contributed by atoms with Crippen LogP contribution >= 0.6 is 11.6 Å². The molecule has 1 saturated heterocycles. The third-order valence-corrected chi connectivity index (χ3v) is 4.09. The Bertz CT molecular complexity index is 527. The van der Waals surface area contributed by atoms with Crippen LogP contribution in [0.1, 0.15) is 25.3 Å². The van der Waals surface area contributed by atoms with Crippen molar-refractivity contribution in [2.24, 2.45) is 0 Å². The van der Waals surface area contributed by atoms with Crippen molar-refractivity contribution in [2.75, 3.05) is 18.0 Å². The van der Waals surface area contributed by atoms with Gasteiger partial charge in [0.15, 0.2) is 0 Å². The molecule has 4 nitrogen and oxygen atoms in total. The Hall–Kier alpha value is -1.05. The summed E-state index contributed by atoms with van der Waals surface area (Å²) < 4.78 is 39.2. The summed E-state index contributed by atoms with van der Waals surface area (Å²) >= 11 is 5.59. The van der Waals surface area contributed by atoms with E-state index in [1.165, 1.54) is 4.90 Å². The zero-order valence-corrected chi connectivity index (χ0v) is 12.1. The maximum Gasteiger partial charge on any atom is 0.420 e. The van der Waals surface area contributed by atoms with E-state index in [4.69, 9.17) is 11.6 Å². The summed E-state index contributed by atoms with van der Waals surface area (Å²) in [6, 6.07) is 0.816. The molecule has 2 rings (SSSR count). The van der Waals surface area contributed by atoms with Gasteiger partial charge in [-0.2, -0.15) is 13.2 Å². The molecule has 0 spiro atoms. The molecule has 0 amide bonds. The minimum Gasteiger partial charge on any atom is -0.388 e. The molecule has 0 bridgehead atoms. The van der Waals surface area contributed by atoms with Crippen LogP contribution in [0.25, 0.3) is 0 Å². The first-order valence-electron chi connectivity index (χ1n) is 6.55. The van der Waals surface area contributed by atoms with Gasteiger partial charge in [0.1, 0.15) is 11.9 Å². The third kappa shape index (κ3) is 3.25. The standard InChI is InChI=1S/C13H16ClF3N2O2/c1-2-12(21)3-4-19(7-10(12)20)11-9(13(15,16)17)5-8(14)6-18-11/h5-6,10,20-21H,2-4,7H2,1H3. The van der Waals surface area contributed by atoms with Gasteiger partial charge < -0.3 is 15.1 Å². The molecule has 118 valence electrons. The summed E-state index contributed by atoms with van der Waals surface area (Å²) in [5.41, 5.74) is -2.20. The average molecular weight is 325 g/mol. The summed E-state index contributed by atoms with van der Waals surface area (Å²) in [5.74, 6) is -0.274. The summed E-state index contributed by atoms with van der Waals surface area (Å²) in [6.45, 7) is 1.79. The van der Waals surface area contributed by atoms with Crippen LogP contribution in [0.4, 0.5) is 19.0 Å². The van der Waals surface area contributed by atoms with Gasteiger partial charge in [-0.3, -0.25) is 0 Å². The fourth-order valence-electron chi connectivity index (χ4n) is 2.46. The maximum atomic E-state index is 13.1. The van der Waals surface area contributed by atoms with E-state index < -0.39 is 23.4 Å². The van der Waals surface area contributed by atoms with Crippen LogP contribution in [0.5, 0.6) is 0 Å². The van der Waals surface area contributed by atoms with Crippen molar-refractivity contribution in [1.29, 1.82) is 0 Å². The largest absolute Gasteiger partial charge is 0.420 e. The highest BCUT2D eigenvalue weighted by Gasteiger charge is 2.42. The molecule has 2 heterocycles. The molecule has 1 aliphatic rings. The number of hydrogen-bond donors (Lipinski definition) is 2. The van der Waals surface area contributed by atoms with E-state index >= 15 is 0 Å². The highest BCUT2D eigenvalue weighted by molar-refractivity contribution is 6.30. The van der Waals surface area contributed by atoms with Crippen LogP contribution in [0.3, 0.4) is 0 Å². The van der Waals surface area contributed by atoms with Crippen molar-refractivity contribution in [3.63, 3.8) is 0 Å². The Balaban J connectivity index is 2.32. The molecule has 0 aliphatic carbocycles. The molecule has 1 fully saturated rings. The molecular formula is C13H16ClF3N2O2. The molecule has 0 aromatic carbocycles. The molecule has 21 heavy (non-hydrogen) atoms. The Labute approximate surface area is 125 Å². The average Bonchev–Trinajstić information content (AvgIpc) is 2.41. The molecule has 0 radical (unpaired) electrons. The number of aromatic nitrogens is 1. The predicted molar refractivity (Wildman–Crippen MR) is 72.3 cm³/mol. The van der Waals surface area contributed by atoms with E-state index in [0.717, 1.165) is 12.3 Å². The number of aliphatic hydroxyl groups is 2. The number of nitrogens with zero attached hydrogens (tertiary/aromatic N) is 2. The quantitative estimate of drug-likeness (QED) is 0.877. The van der Waals surface area contributed by atoms with Crippen LogP contribution in [0.15, 0.2) is 12.3 Å². The molecule has 1 aliphatic heterocycles. The van der Waals surface area contributed by atoms with Crippen LogP contribution in [-0.4, -0.2) is 40.0 Å². The Morgan fingerprint density at radius 2 is 2.19 bits per heavy atom. The van der Waals surface area contributed by atoms with E-state index in [9.17, 15) is 23.4 Å². The van der Waals surface area contributed by atoms with Gasteiger partial charge in [-0.25, -0.2) is 4.98 Å². The molecule has 2 N–H and O–H groups in total. The molecule has 2 atom stereocenters. The number of hydrogen-bond acceptors (Lipinski definition) is 4. The highest BCUT2D eigenvalue weighted by atomic mass is 35.5. The van der Waals surface area contributed by atoms with Crippen molar-refractivity contribution in [3.8, 4) is 0 Å². The number of aliphatic hydroxyl groups excluding tert-OH is 1. The number of piperidine rings is 1. The lowest BCUT2D eigenvalue weighted by atomic mass is 9.86. The topological polar surface area (TPSA) is 56.6 Å². The molecular weight excluding hydrogens is 309 g/mol. The SMILES string of the molecule is CCC1(O)CCN(c2ncc(Cl)cc2C(F)(F)F)CC1O. The van der Waals surface area contributed by atoms with E-state index in [2.05, 4.69) is 4.98 Å². The van der Waals surface area contributed by atoms with E-state index in [1.54, 1.807) is 6.92 Å². The second-order valence-electron chi connectivity index (χ2n) is 5.19. The minimum absolute atomic E-state index is 0.103. The number of halogens is 4. The van der Waals surface area contributed by atoms with Gasteiger partial charge in [0.05, 0.1) is 16.2 Å². The fourth-order valence-corrected chi connectivity index (χ4v) is 2.62. The fraction of sp³-hybridized carbons (Fsp3) is 0.615.